The van der Waals surface area contributed by atoms with Gasteiger partial charge >= 0.3 is 0 Å². The van der Waals surface area contributed by atoms with Crippen molar-refractivity contribution in [1.29, 1.82) is 5.26 Å². The van der Waals surface area contributed by atoms with Crippen LogP contribution in [-0.2, 0) is 4.79 Å². The van der Waals surface area contributed by atoms with Gasteiger partial charge in [0.15, 0.2) is 10.9 Å². The summed E-state index contributed by atoms with van der Waals surface area (Å²) in [6.07, 6.45) is 1.52. The molecule has 1 saturated heterocycles. The molecular formula is C23H19FN6O3S. The van der Waals surface area contributed by atoms with E-state index in [-0.39, 0.29) is 29.9 Å². The van der Waals surface area contributed by atoms with Crippen molar-refractivity contribution in [3.8, 4) is 29.0 Å². The molecule has 0 bridgehead atoms. The Morgan fingerprint density at radius 2 is 1.97 bits per heavy atom. The van der Waals surface area contributed by atoms with Crippen LogP contribution in [-0.4, -0.2) is 53.5 Å². The molecule has 5 rings (SSSR count). The summed E-state index contributed by atoms with van der Waals surface area (Å²) in [4.78, 5) is 25.1. The molecule has 9 nitrogen and oxygen atoms in total. The number of thiazole rings is 1. The summed E-state index contributed by atoms with van der Waals surface area (Å²) in [6, 6.07) is 11.6. The number of nitrogens with one attached hydrogen (secondary N) is 1. The van der Waals surface area contributed by atoms with Crippen LogP contribution in [0.3, 0.4) is 0 Å². The summed E-state index contributed by atoms with van der Waals surface area (Å²) in [5.74, 6) is 0.669. The van der Waals surface area contributed by atoms with Crippen molar-refractivity contribution in [2.24, 2.45) is 0 Å². The number of anilines is 2. The lowest BCUT2D eigenvalue weighted by Crippen LogP contribution is -2.48. The standard InChI is InChI=1S/C23H19FN6O3S/c24-16-5-3-15(4-6-16)18-14-34-23(27-18)28-20(31)13-29-7-9-30(10-8-29)22-17(12-25)26-21(33-22)19-2-1-11-32-19/h1-6,11,14H,7-10,13H2,(H,27,28,31). The van der Waals surface area contributed by atoms with Gasteiger partial charge in [-0.1, -0.05) is 0 Å². The number of carbonyl (C=O) groups is 1. The highest BCUT2D eigenvalue weighted by Gasteiger charge is 2.26. The number of rotatable bonds is 6. The molecule has 1 aliphatic heterocycles. The van der Waals surface area contributed by atoms with Crippen molar-refractivity contribution in [3.63, 3.8) is 0 Å². The van der Waals surface area contributed by atoms with Crippen LogP contribution in [0.25, 0.3) is 22.9 Å². The summed E-state index contributed by atoms with van der Waals surface area (Å²) in [5, 5.41) is 14.6. The zero-order chi connectivity index (χ0) is 23.5. The predicted molar refractivity (Wildman–Crippen MR) is 124 cm³/mol. The van der Waals surface area contributed by atoms with Crippen LogP contribution in [0.4, 0.5) is 15.4 Å². The van der Waals surface area contributed by atoms with Crippen molar-refractivity contribution in [3.05, 3.63) is 59.6 Å². The number of halogens is 1. The van der Waals surface area contributed by atoms with E-state index >= 15 is 0 Å². The SMILES string of the molecule is N#Cc1nc(-c2ccco2)oc1N1CCN(CC(=O)Nc2nc(-c3ccc(F)cc3)cs2)CC1. The Kier molecular flexibility index (Phi) is 6.07. The summed E-state index contributed by atoms with van der Waals surface area (Å²) in [7, 11) is 0. The molecule has 0 atom stereocenters. The zero-order valence-electron chi connectivity index (χ0n) is 17.9. The molecular weight excluding hydrogens is 459 g/mol. The zero-order valence-corrected chi connectivity index (χ0v) is 18.7. The minimum atomic E-state index is -0.308. The number of carbonyl (C=O) groups excluding carboxylic acids is 1. The molecule has 1 aliphatic rings. The molecule has 34 heavy (non-hydrogen) atoms. The fraction of sp³-hybridized carbons (Fsp3) is 0.217. The Hall–Kier alpha value is -4.01. The van der Waals surface area contributed by atoms with Crippen molar-refractivity contribution >= 4 is 28.3 Å². The topological polar surface area (TPSA) is 111 Å². The third kappa shape index (κ3) is 4.68. The van der Waals surface area contributed by atoms with E-state index < -0.39 is 0 Å². The van der Waals surface area contributed by atoms with Gasteiger partial charge in [0, 0.05) is 37.1 Å². The molecule has 3 aromatic heterocycles. The van der Waals surface area contributed by atoms with Crippen LogP contribution in [0.2, 0.25) is 0 Å². The Balaban J connectivity index is 1.15. The number of furan rings is 1. The minimum Gasteiger partial charge on any atom is -0.459 e. The van der Waals surface area contributed by atoms with Crippen LogP contribution in [0.5, 0.6) is 0 Å². The van der Waals surface area contributed by atoms with Gasteiger partial charge < -0.3 is 19.1 Å². The fourth-order valence-corrected chi connectivity index (χ4v) is 4.40. The molecule has 0 aliphatic carbocycles. The van der Waals surface area contributed by atoms with E-state index in [1.54, 1.807) is 24.3 Å². The molecule has 1 N–H and O–H groups in total. The van der Waals surface area contributed by atoms with E-state index in [4.69, 9.17) is 8.83 Å². The summed E-state index contributed by atoms with van der Waals surface area (Å²) in [5.41, 5.74) is 1.68. The third-order valence-electron chi connectivity index (χ3n) is 5.36. The molecule has 11 heteroatoms. The maximum Gasteiger partial charge on any atom is 0.266 e. The highest BCUT2D eigenvalue weighted by Crippen LogP contribution is 2.29. The van der Waals surface area contributed by atoms with Gasteiger partial charge in [-0.15, -0.1) is 11.3 Å². The maximum absolute atomic E-state index is 13.1. The van der Waals surface area contributed by atoms with Crippen LogP contribution < -0.4 is 10.2 Å². The third-order valence-corrected chi connectivity index (χ3v) is 6.12. The van der Waals surface area contributed by atoms with Crippen molar-refractivity contribution in [1.82, 2.24) is 14.9 Å². The normalized spacial score (nSPS) is 14.2. The number of nitriles is 1. The second-order valence-corrected chi connectivity index (χ2v) is 8.48. The van der Waals surface area contributed by atoms with E-state index in [0.29, 0.717) is 48.6 Å². The first kappa shape index (κ1) is 21.8. The van der Waals surface area contributed by atoms with E-state index in [0.717, 1.165) is 5.56 Å². The number of nitrogens with zero attached hydrogens (tertiary/aromatic N) is 5. The fourth-order valence-electron chi connectivity index (χ4n) is 3.66. The Labute approximate surface area is 198 Å². The van der Waals surface area contributed by atoms with Gasteiger partial charge in [-0.2, -0.15) is 10.2 Å². The van der Waals surface area contributed by atoms with Gasteiger partial charge in [0.1, 0.15) is 11.9 Å². The predicted octanol–water partition coefficient (Wildman–Crippen LogP) is 3.83. The molecule has 4 heterocycles. The molecule has 1 aromatic carbocycles. The number of benzene rings is 1. The van der Waals surface area contributed by atoms with E-state index in [9.17, 15) is 14.4 Å². The second kappa shape index (κ2) is 9.46. The van der Waals surface area contributed by atoms with Crippen molar-refractivity contribution in [2.45, 2.75) is 0 Å². The summed E-state index contributed by atoms with van der Waals surface area (Å²) in [6.45, 7) is 2.63. The van der Waals surface area contributed by atoms with Crippen LogP contribution in [0.15, 0.2) is 56.9 Å². The Morgan fingerprint density at radius 3 is 2.68 bits per heavy atom. The lowest BCUT2D eigenvalue weighted by atomic mass is 10.2. The molecule has 4 aromatic rings. The number of hydrogen-bond donors (Lipinski definition) is 1. The quantitative estimate of drug-likeness (QED) is 0.445. The Bertz CT molecular complexity index is 1320. The molecule has 1 amide bonds. The smallest absolute Gasteiger partial charge is 0.266 e. The minimum absolute atomic E-state index is 0.161. The molecule has 0 radical (unpaired) electrons. The lowest BCUT2D eigenvalue weighted by molar-refractivity contribution is -0.117. The number of aromatic nitrogens is 2. The number of hydrogen-bond acceptors (Lipinski definition) is 9. The van der Waals surface area contributed by atoms with Crippen molar-refractivity contribution in [2.75, 3.05) is 42.9 Å². The first-order valence-electron chi connectivity index (χ1n) is 10.5. The van der Waals surface area contributed by atoms with Gasteiger partial charge in [0.2, 0.25) is 17.5 Å². The highest BCUT2D eigenvalue weighted by atomic mass is 32.1. The van der Waals surface area contributed by atoms with Crippen LogP contribution >= 0.6 is 11.3 Å². The largest absolute Gasteiger partial charge is 0.459 e. The highest BCUT2D eigenvalue weighted by molar-refractivity contribution is 7.14. The maximum atomic E-state index is 13.1. The Morgan fingerprint density at radius 1 is 1.18 bits per heavy atom. The van der Waals surface area contributed by atoms with E-state index in [2.05, 4.69) is 21.4 Å². The van der Waals surface area contributed by atoms with Crippen LogP contribution in [0, 0.1) is 17.1 Å². The number of oxazole rings is 1. The van der Waals surface area contributed by atoms with E-state index in [1.807, 2.05) is 15.2 Å². The van der Waals surface area contributed by atoms with E-state index in [1.165, 1.54) is 29.7 Å². The average Bonchev–Trinajstić information content (AvgIpc) is 3.61. The molecule has 0 unspecified atom stereocenters. The monoisotopic (exact) mass is 478 g/mol. The molecule has 0 saturated carbocycles. The summed E-state index contributed by atoms with van der Waals surface area (Å²) < 4.78 is 24.2. The number of piperazine rings is 1. The van der Waals surface area contributed by atoms with Gasteiger partial charge in [0.05, 0.1) is 18.5 Å². The van der Waals surface area contributed by atoms with Crippen LogP contribution in [0.1, 0.15) is 5.69 Å². The summed E-state index contributed by atoms with van der Waals surface area (Å²) >= 11 is 1.32. The van der Waals surface area contributed by atoms with Gasteiger partial charge in [-0.05, 0) is 36.4 Å². The first-order chi connectivity index (χ1) is 16.6. The van der Waals surface area contributed by atoms with Gasteiger partial charge in [-0.3, -0.25) is 9.69 Å². The lowest BCUT2D eigenvalue weighted by Gasteiger charge is -2.33. The average molecular weight is 479 g/mol. The molecule has 172 valence electrons. The first-order valence-corrected chi connectivity index (χ1v) is 11.4. The van der Waals surface area contributed by atoms with Gasteiger partial charge in [-0.25, -0.2) is 9.37 Å². The van der Waals surface area contributed by atoms with Gasteiger partial charge in [0.25, 0.3) is 5.89 Å². The van der Waals surface area contributed by atoms with Crippen molar-refractivity contribution < 1.29 is 18.0 Å². The molecule has 0 spiro atoms. The second-order valence-electron chi connectivity index (χ2n) is 7.62. The number of amides is 1. The molecule has 1 fully saturated rings.